The Morgan fingerprint density at radius 3 is 2.81 bits per heavy atom. The largest absolute Gasteiger partial charge is 0.457 e. The molecule has 0 atom stereocenters. The zero-order chi connectivity index (χ0) is 15.4. The third-order valence-corrected chi connectivity index (χ3v) is 2.86. The van der Waals surface area contributed by atoms with Crippen LogP contribution in [-0.4, -0.2) is 9.91 Å². The molecule has 0 aliphatic rings. The number of benzene rings is 1. The molecule has 1 aromatic heterocycles. The molecule has 0 aliphatic carbocycles. The van der Waals surface area contributed by atoms with Crippen molar-refractivity contribution < 1.29 is 9.34 Å². The van der Waals surface area contributed by atoms with Crippen molar-refractivity contribution in [1.29, 1.82) is 5.26 Å². The van der Waals surface area contributed by atoms with E-state index in [2.05, 4.69) is 0 Å². The van der Waals surface area contributed by atoms with Crippen molar-refractivity contribution in [2.45, 2.75) is 0 Å². The summed E-state index contributed by atoms with van der Waals surface area (Å²) in [4.78, 5) is 10.2. The molecular formula is C14H9N3O3S. The van der Waals surface area contributed by atoms with Gasteiger partial charge in [0, 0.05) is 23.8 Å². The van der Waals surface area contributed by atoms with E-state index in [1.54, 1.807) is 24.3 Å². The molecule has 0 fully saturated rings. The van der Waals surface area contributed by atoms with E-state index < -0.39 is 4.92 Å². The average Bonchev–Trinajstić information content (AvgIpc) is 2.93. The second-order valence-electron chi connectivity index (χ2n) is 4.04. The molecule has 0 radical (unpaired) electrons. The number of nitriles is 1. The van der Waals surface area contributed by atoms with Crippen LogP contribution in [0.2, 0.25) is 0 Å². The fourth-order valence-corrected chi connectivity index (χ4v) is 1.76. The molecule has 2 aromatic rings. The lowest BCUT2D eigenvalue weighted by molar-refractivity contribution is -0.384. The van der Waals surface area contributed by atoms with Gasteiger partial charge in [0.15, 0.2) is 0 Å². The van der Waals surface area contributed by atoms with Gasteiger partial charge in [-0.1, -0.05) is 24.4 Å². The molecule has 0 spiro atoms. The summed E-state index contributed by atoms with van der Waals surface area (Å²) < 4.78 is 5.52. The van der Waals surface area contributed by atoms with Crippen LogP contribution in [0.1, 0.15) is 5.76 Å². The summed E-state index contributed by atoms with van der Waals surface area (Å²) in [5.41, 5.74) is 6.06. The highest BCUT2D eigenvalue weighted by molar-refractivity contribution is 7.80. The minimum Gasteiger partial charge on any atom is -0.457 e. The summed E-state index contributed by atoms with van der Waals surface area (Å²) in [5, 5.41) is 19.6. The summed E-state index contributed by atoms with van der Waals surface area (Å²) in [7, 11) is 0. The van der Waals surface area contributed by atoms with Crippen molar-refractivity contribution in [3.8, 4) is 17.4 Å². The number of nitro groups is 1. The fraction of sp³-hybridized carbons (Fsp3) is 0. The Kier molecular flexibility index (Phi) is 4.11. The Labute approximate surface area is 125 Å². The summed E-state index contributed by atoms with van der Waals surface area (Å²) in [6.07, 6.45) is 1.42. The molecular weight excluding hydrogens is 290 g/mol. The number of thiocarbonyl (C=S) groups is 1. The van der Waals surface area contributed by atoms with Crippen LogP contribution < -0.4 is 5.73 Å². The van der Waals surface area contributed by atoms with Gasteiger partial charge < -0.3 is 10.2 Å². The van der Waals surface area contributed by atoms with Crippen LogP contribution in [0.4, 0.5) is 5.69 Å². The molecule has 6 nitrogen and oxygen atoms in total. The SMILES string of the molecule is N#C/C(=C\c1ccc(-c2cccc([N+](=O)[O-])c2)o1)C(N)=S. The molecule has 0 saturated heterocycles. The Bertz CT molecular complexity index is 787. The Balaban J connectivity index is 2.37. The maximum atomic E-state index is 10.8. The third-order valence-electron chi connectivity index (χ3n) is 2.64. The normalized spacial score (nSPS) is 10.9. The Morgan fingerprint density at radius 1 is 1.43 bits per heavy atom. The third kappa shape index (κ3) is 3.32. The minimum atomic E-state index is -0.478. The predicted octanol–water partition coefficient (Wildman–Crippen LogP) is 3.05. The van der Waals surface area contributed by atoms with Gasteiger partial charge in [-0.05, 0) is 12.1 Å². The number of nitrogens with two attached hydrogens (primary N) is 1. The quantitative estimate of drug-likeness (QED) is 0.306. The van der Waals surface area contributed by atoms with Crippen LogP contribution in [0.25, 0.3) is 17.4 Å². The van der Waals surface area contributed by atoms with E-state index in [1.807, 2.05) is 6.07 Å². The number of nitrogens with zero attached hydrogens (tertiary/aromatic N) is 2. The highest BCUT2D eigenvalue weighted by Gasteiger charge is 2.10. The molecule has 0 aliphatic heterocycles. The topological polar surface area (TPSA) is 106 Å². The van der Waals surface area contributed by atoms with E-state index in [9.17, 15) is 10.1 Å². The van der Waals surface area contributed by atoms with Gasteiger partial charge in [-0.25, -0.2) is 0 Å². The zero-order valence-electron chi connectivity index (χ0n) is 10.6. The molecule has 0 bridgehead atoms. The van der Waals surface area contributed by atoms with Crippen molar-refractivity contribution in [1.82, 2.24) is 0 Å². The molecule has 0 amide bonds. The number of rotatable bonds is 4. The smallest absolute Gasteiger partial charge is 0.270 e. The van der Waals surface area contributed by atoms with E-state index in [4.69, 9.17) is 27.6 Å². The molecule has 2 rings (SSSR count). The van der Waals surface area contributed by atoms with Crippen LogP contribution in [0.5, 0.6) is 0 Å². The van der Waals surface area contributed by atoms with Crippen molar-refractivity contribution in [2.24, 2.45) is 5.73 Å². The second kappa shape index (κ2) is 5.98. The molecule has 21 heavy (non-hydrogen) atoms. The minimum absolute atomic E-state index is 0.0224. The molecule has 104 valence electrons. The number of nitro benzene ring substituents is 1. The Morgan fingerprint density at radius 2 is 2.19 bits per heavy atom. The molecule has 1 heterocycles. The van der Waals surface area contributed by atoms with E-state index in [0.717, 1.165) is 0 Å². The predicted molar refractivity (Wildman–Crippen MR) is 81.2 cm³/mol. The molecule has 1 aromatic carbocycles. The van der Waals surface area contributed by atoms with Crippen LogP contribution >= 0.6 is 12.2 Å². The number of hydrogen-bond donors (Lipinski definition) is 1. The molecule has 7 heteroatoms. The lowest BCUT2D eigenvalue weighted by atomic mass is 10.1. The fourth-order valence-electron chi connectivity index (χ4n) is 1.66. The van der Waals surface area contributed by atoms with Gasteiger partial charge in [-0.3, -0.25) is 10.1 Å². The van der Waals surface area contributed by atoms with Crippen molar-refractivity contribution in [3.05, 3.63) is 57.8 Å². The monoisotopic (exact) mass is 299 g/mol. The summed E-state index contributed by atoms with van der Waals surface area (Å²) >= 11 is 4.73. The van der Waals surface area contributed by atoms with Crippen molar-refractivity contribution >= 4 is 29.0 Å². The van der Waals surface area contributed by atoms with Crippen molar-refractivity contribution in [2.75, 3.05) is 0 Å². The number of furan rings is 1. The van der Waals surface area contributed by atoms with Gasteiger partial charge >= 0.3 is 0 Å². The summed E-state index contributed by atoms with van der Waals surface area (Å²) in [6.45, 7) is 0. The van der Waals surface area contributed by atoms with Gasteiger partial charge in [0.25, 0.3) is 5.69 Å². The standard InChI is InChI=1S/C14H9N3O3S/c15-8-10(14(16)21)7-12-4-5-13(20-12)9-2-1-3-11(6-9)17(18)19/h1-7H,(H2,16,21)/b10-7+. The summed E-state index contributed by atoms with van der Waals surface area (Å²) in [5.74, 6) is 0.839. The first kappa shape index (κ1) is 14.4. The van der Waals surface area contributed by atoms with Crippen LogP contribution in [0, 0.1) is 21.4 Å². The van der Waals surface area contributed by atoms with E-state index in [1.165, 1.54) is 18.2 Å². The molecule has 2 N–H and O–H groups in total. The van der Waals surface area contributed by atoms with E-state index >= 15 is 0 Å². The molecule has 0 unspecified atom stereocenters. The number of hydrogen-bond acceptors (Lipinski definition) is 5. The van der Waals surface area contributed by atoms with Gasteiger partial charge in [0.05, 0.1) is 10.5 Å². The molecule has 0 saturated carbocycles. The zero-order valence-corrected chi connectivity index (χ0v) is 11.5. The average molecular weight is 299 g/mol. The maximum Gasteiger partial charge on any atom is 0.270 e. The summed E-state index contributed by atoms with van der Waals surface area (Å²) in [6, 6.07) is 11.2. The number of non-ortho nitro benzene ring substituents is 1. The second-order valence-corrected chi connectivity index (χ2v) is 4.48. The van der Waals surface area contributed by atoms with Gasteiger partial charge in [0.2, 0.25) is 0 Å². The Hall–Kier alpha value is -2.98. The van der Waals surface area contributed by atoms with Crippen LogP contribution in [0.3, 0.4) is 0 Å². The van der Waals surface area contributed by atoms with Crippen molar-refractivity contribution in [3.63, 3.8) is 0 Å². The van der Waals surface area contributed by atoms with Gasteiger partial charge in [-0.15, -0.1) is 0 Å². The van der Waals surface area contributed by atoms with Gasteiger partial charge in [-0.2, -0.15) is 5.26 Å². The van der Waals surface area contributed by atoms with E-state index in [0.29, 0.717) is 17.1 Å². The first-order chi connectivity index (χ1) is 10.0. The van der Waals surface area contributed by atoms with Gasteiger partial charge in [0.1, 0.15) is 22.6 Å². The first-order valence-corrected chi connectivity index (χ1v) is 6.18. The highest BCUT2D eigenvalue weighted by Crippen LogP contribution is 2.26. The lowest BCUT2D eigenvalue weighted by Crippen LogP contribution is -2.09. The lowest BCUT2D eigenvalue weighted by Gasteiger charge is -1.97. The highest BCUT2D eigenvalue weighted by atomic mass is 32.1. The van der Waals surface area contributed by atoms with Crippen LogP contribution in [-0.2, 0) is 0 Å². The van der Waals surface area contributed by atoms with E-state index in [-0.39, 0.29) is 16.2 Å². The first-order valence-electron chi connectivity index (χ1n) is 5.77. The maximum absolute atomic E-state index is 10.8. The van der Waals surface area contributed by atoms with Crippen LogP contribution in [0.15, 0.2) is 46.4 Å².